The Morgan fingerprint density at radius 1 is 0.839 bits per heavy atom. The van der Waals surface area contributed by atoms with Crippen LogP contribution in [-0.4, -0.2) is 33.9 Å². The van der Waals surface area contributed by atoms with Crippen LogP contribution in [0.4, 0.5) is 0 Å². The second-order valence-electron chi connectivity index (χ2n) is 7.60. The normalized spacial score (nSPS) is 12.4. The summed E-state index contributed by atoms with van der Waals surface area (Å²) < 4.78 is 9.38. The molecule has 1 N–H and O–H groups in total. The fourth-order valence-corrected chi connectivity index (χ4v) is 4.17. The van der Waals surface area contributed by atoms with Crippen LogP contribution in [0.1, 0.15) is 46.2 Å². The highest BCUT2D eigenvalue weighted by atomic mass is 35.6. The van der Waals surface area contributed by atoms with E-state index < -0.39 is 22.3 Å². The molecule has 0 aromatic heterocycles. The summed E-state index contributed by atoms with van der Waals surface area (Å²) in [6.07, 6.45) is 0. The minimum Gasteiger partial charge on any atom is -0.486 e. The summed E-state index contributed by atoms with van der Waals surface area (Å²) >= 11 is 19.4. The van der Waals surface area contributed by atoms with E-state index in [1.807, 2.05) is 39.8 Å². The summed E-state index contributed by atoms with van der Waals surface area (Å²) in [6.45, 7) is 8.42. The lowest BCUT2D eigenvalue weighted by Gasteiger charge is -2.29. The number of hydrogen-bond acceptors (Lipinski definition) is 4. The fourth-order valence-electron chi connectivity index (χ4n) is 3.47. The van der Waals surface area contributed by atoms with Crippen LogP contribution in [-0.2, 0) is 9.59 Å². The highest BCUT2D eigenvalue weighted by molar-refractivity contribution is 6.68. The molecule has 1 unspecified atom stereocenters. The lowest BCUT2D eigenvalue weighted by Crippen LogP contribution is -2.21. The summed E-state index contributed by atoms with van der Waals surface area (Å²) in [5, 5.41) is 8.96. The SMILES string of the molecule is CC(=O)COc1cc(C(c2cc(OCC(=O)O)c(C)cc2C)C(Cl)(Cl)Cl)c(C)cc1C. The Labute approximate surface area is 197 Å². The molecule has 0 radical (unpaired) electrons. The third kappa shape index (κ3) is 6.52. The zero-order valence-corrected chi connectivity index (χ0v) is 20.3. The number of alkyl halides is 3. The minimum atomic E-state index is -1.72. The van der Waals surface area contributed by atoms with Crippen molar-refractivity contribution in [2.24, 2.45) is 0 Å². The first-order valence-electron chi connectivity index (χ1n) is 9.57. The van der Waals surface area contributed by atoms with Gasteiger partial charge in [-0.25, -0.2) is 4.79 Å². The van der Waals surface area contributed by atoms with Gasteiger partial charge in [-0.1, -0.05) is 46.9 Å². The zero-order valence-electron chi connectivity index (χ0n) is 18.0. The number of benzene rings is 2. The van der Waals surface area contributed by atoms with Crippen molar-refractivity contribution in [1.29, 1.82) is 0 Å². The van der Waals surface area contributed by atoms with Crippen molar-refractivity contribution < 1.29 is 24.2 Å². The van der Waals surface area contributed by atoms with Crippen LogP contribution < -0.4 is 9.47 Å². The molecule has 0 bridgehead atoms. The highest BCUT2D eigenvalue weighted by Crippen LogP contribution is 2.49. The number of carbonyl (C=O) groups is 2. The van der Waals surface area contributed by atoms with Crippen LogP contribution in [0.15, 0.2) is 24.3 Å². The first-order valence-corrected chi connectivity index (χ1v) is 10.7. The third-order valence-corrected chi connectivity index (χ3v) is 5.51. The van der Waals surface area contributed by atoms with Crippen molar-refractivity contribution in [2.45, 2.75) is 44.3 Å². The number of ketones is 1. The molecule has 0 saturated carbocycles. The lowest BCUT2D eigenvalue weighted by atomic mass is 9.85. The number of carboxylic acid groups (broad SMARTS) is 1. The molecule has 2 aromatic rings. The van der Waals surface area contributed by atoms with E-state index in [2.05, 4.69) is 0 Å². The van der Waals surface area contributed by atoms with Crippen molar-refractivity contribution in [3.63, 3.8) is 0 Å². The van der Waals surface area contributed by atoms with Crippen molar-refractivity contribution in [3.8, 4) is 11.5 Å². The van der Waals surface area contributed by atoms with E-state index in [1.165, 1.54) is 6.92 Å². The van der Waals surface area contributed by atoms with Crippen LogP contribution >= 0.6 is 34.8 Å². The van der Waals surface area contributed by atoms with E-state index in [9.17, 15) is 9.59 Å². The molecule has 8 heteroatoms. The number of Topliss-reactive ketones (excluding diaryl/α,β-unsaturated/α-hetero) is 1. The molecule has 0 aliphatic carbocycles. The smallest absolute Gasteiger partial charge is 0.341 e. The molecule has 1 atom stereocenters. The highest BCUT2D eigenvalue weighted by Gasteiger charge is 2.38. The average Bonchev–Trinajstić information content (AvgIpc) is 2.62. The number of aryl methyl sites for hydroxylation is 4. The van der Waals surface area contributed by atoms with Gasteiger partial charge < -0.3 is 14.6 Å². The summed E-state index contributed by atoms with van der Waals surface area (Å²) in [7, 11) is 0. The Kier molecular flexibility index (Phi) is 8.26. The first-order chi connectivity index (χ1) is 14.3. The summed E-state index contributed by atoms with van der Waals surface area (Å²) in [4.78, 5) is 22.3. The van der Waals surface area contributed by atoms with Crippen LogP contribution in [0.3, 0.4) is 0 Å². The van der Waals surface area contributed by atoms with E-state index >= 15 is 0 Å². The molecule has 0 heterocycles. The number of hydrogen-bond donors (Lipinski definition) is 1. The van der Waals surface area contributed by atoms with E-state index in [4.69, 9.17) is 49.4 Å². The minimum absolute atomic E-state index is 0.0570. The Bertz CT molecular complexity index is 922. The summed E-state index contributed by atoms with van der Waals surface area (Å²) in [5.74, 6) is -0.942. The molecule has 0 spiro atoms. The zero-order chi connectivity index (χ0) is 23.5. The molecule has 0 saturated heterocycles. The van der Waals surface area contributed by atoms with Gasteiger partial charge in [-0.2, -0.15) is 0 Å². The van der Waals surface area contributed by atoms with Crippen molar-refractivity contribution in [2.75, 3.05) is 13.2 Å². The lowest BCUT2D eigenvalue weighted by molar-refractivity contribution is -0.139. The number of carboxylic acids is 1. The maximum atomic E-state index is 11.4. The van der Waals surface area contributed by atoms with Crippen LogP contribution in [0.2, 0.25) is 0 Å². The van der Waals surface area contributed by atoms with Gasteiger partial charge in [-0.05, 0) is 80.1 Å². The molecule has 0 amide bonds. The Morgan fingerprint density at radius 3 is 1.61 bits per heavy atom. The van der Waals surface area contributed by atoms with Gasteiger partial charge in [0.15, 0.2) is 12.4 Å². The Balaban J connectivity index is 2.65. The summed E-state index contributed by atoms with van der Waals surface area (Å²) in [5.41, 5.74) is 4.80. The Morgan fingerprint density at radius 2 is 1.26 bits per heavy atom. The van der Waals surface area contributed by atoms with E-state index in [0.29, 0.717) is 17.1 Å². The molecule has 0 aliphatic heterocycles. The molecule has 0 aliphatic rings. The molecule has 2 aromatic carbocycles. The standard InChI is InChI=1S/C23H25Cl3O5/c1-12-6-14(3)19(30-10-16(5)27)8-17(12)22(23(24,25)26)18-9-20(31-11-21(28)29)15(4)7-13(18)2/h6-9,22H,10-11H2,1-5H3,(H,28,29). The van der Waals surface area contributed by atoms with Gasteiger partial charge in [0.25, 0.3) is 0 Å². The first kappa shape index (κ1) is 25.3. The molecular weight excluding hydrogens is 463 g/mol. The number of aliphatic carboxylic acids is 1. The topological polar surface area (TPSA) is 72.8 Å². The number of ether oxygens (including phenoxy) is 2. The molecule has 0 fully saturated rings. The number of rotatable bonds is 8. The quantitative estimate of drug-likeness (QED) is 0.473. The largest absolute Gasteiger partial charge is 0.486 e. The van der Waals surface area contributed by atoms with Gasteiger partial charge in [0.1, 0.15) is 18.1 Å². The molecule has 2 rings (SSSR count). The van der Waals surface area contributed by atoms with Gasteiger partial charge >= 0.3 is 5.97 Å². The van der Waals surface area contributed by atoms with Gasteiger partial charge in [0, 0.05) is 0 Å². The fraction of sp³-hybridized carbons (Fsp3) is 0.391. The number of halogens is 3. The van der Waals surface area contributed by atoms with Crippen LogP contribution in [0, 0.1) is 27.7 Å². The maximum absolute atomic E-state index is 11.4. The van der Waals surface area contributed by atoms with Crippen molar-refractivity contribution in [1.82, 2.24) is 0 Å². The molecule has 31 heavy (non-hydrogen) atoms. The second kappa shape index (κ2) is 10.1. The van der Waals surface area contributed by atoms with Crippen molar-refractivity contribution >= 4 is 46.6 Å². The van der Waals surface area contributed by atoms with Crippen LogP contribution in [0.25, 0.3) is 0 Å². The molecular formula is C23H25Cl3O5. The number of carbonyl (C=O) groups excluding carboxylic acids is 1. The predicted molar refractivity (Wildman–Crippen MR) is 123 cm³/mol. The second-order valence-corrected chi connectivity index (χ2v) is 9.97. The van der Waals surface area contributed by atoms with E-state index in [0.717, 1.165) is 27.8 Å². The van der Waals surface area contributed by atoms with Gasteiger partial charge in [0.05, 0.1) is 5.92 Å². The molecule has 5 nitrogen and oxygen atoms in total. The van der Waals surface area contributed by atoms with E-state index in [1.54, 1.807) is 12.1 Å². The van der Waals surface area contributed by atoms with Crippen LogP contribution in [0.5, 0.6) is 11.5 Å². The van der Waals surface area contributed by atoms with Gasteiger partial charge in [-0.3, -0.25) is 4.79 Å². The van der Waals surface area contributed by atoms with Gasteiger partial charge in [-0.15, -0.1) is 0 Å². The monoisotopic (exact) mass is 486 g/mol. The van der Waals surface area contributed by atoms with E-state index in [-0.39, 0.29) is 12.4 Å². The van der Waals surface area contributed by atoms with Crippen molar-refractivity contribution in [3.05, 3.63) is 57.6 Å². The average molecular weight is 488 g/mol. The molecule has 168 valence electrons. The third-order valence-electron chi connectivity index (χ3n) is 4.86. The van der Waals surface area contributed by atoms with Gasteiger partial charge in [0.2, 0.25) is 3.79 Å². The Hall–Kier alpha value is -1.95. The maximum Gasteiger partial charge on any atom is 0.341 e. The predicted octanol–water partition coefficient (Wildman–Crippen LogP) is 5.85. The summed E-state index contributed by atoms with van der Waals surface area (Å²) in [6, 6.07) is 7.29.